The van der Waals surface area contributed by atoms with Crippen molar-refractivity contribution in [3.05, 3.63) is 77.2 Å². The molecule has 1 aromatic heterocycles. The third-order valence-electron chi connectivity index (χ3n) is 7.83. The van der Waals surface area contributed by atoms with Crippen molar-refractivity contribution in [3.8, 4) is 5.69 Å². The quantitative estimate of drug-likeness (QED) is 0.276. The van der Waals surface area contributed by atoms with Crippen molar-refractivity contribution in [3.63, 3.8) is 0 Å². The van der Waals surface area contributed by atoms with Gasteiger partial charge >= 0.3 is 6.09 Å². The topological polar surface area (TPSA) is 101 Å². The van der Waals surface area contributed by atoms with Gasteiger partial charge < -0.3 is 30.2 Å². The summed E-state index contributed by atoms with van der Waals surface area (Å²) in [5.74, 6) is -0.843. The van der Waals surface area contributed by atoms with Crippen LogP contribution in [0.3, 0.4) is 0 Å². The van der Waals surface area contributed by atoms with E-state index in [4.69, 9.17) is 4.74 Å². The van der Waals surface area contributed by atoms with Gasteiger partial charge in [0, 0.05) is 38.3 Å². The second kappa shape index (κ2) is 13.9. The number of cyclic esters (lactones) is 1. The Morgan fingerprint density at radius 2 is 2.10 bits per heavy atom. The Labute approximate surface area is 244 Å². The number of aromatic nitrogens is 2. The first-order valence-corrected chi connectivity index (χ1v) is 14.7. The highest BCUT2D eigenvalue weighted by molar-refractivity contribution is 5.94. The number of carbonyl (C=O) groups excluding carboxylic acids is 2. The zero-order valence-corrected chi connectivity index (χ0v) is 23.9. The summed E-state index contributed by atoms with van der Waals surface area (Å²) in [6.07, 6.45) is 7.12. The minimum atomic E-state index is -0.555. The van der Waals surface area contributed by atoms with E-state index < -0.39 is 17.7 Å². The molecule has 1 fully saturated rings. The predicted octanol–water partition coefficient (Wildman–Crippen LogP) is 4.34. The van der Waals surface area contributed by atoms with Gasteiger partial charge in [-0.2, -0.15) is 0 Å². The molecule has 0 bridgehead atoms. The van der Waals surface area contributed by atoms with E-state index in [1.165, 1.54) is 6.07 Å². The van der Waals surface area contributed by atoms with Gasteiger partial charge in [0.2, 0.25) is 5.91 Å². The molecule has 224 valence electrons. The lowest BCUT2D eigenvalue weighted by Gasteiger charge is -2.29. The molecule has 0 saturated carbocycles. The summed E-state index contributed by atoms with van der Waals surface area (Å²) in [5, 5.41) is 9.75. The molecule has 1 aliphatic heterocycles. The maximum atomic E-state index is 14.4. The summed E-state index contributed by atoms with van der Waals surface area (Å²) in [6, 6.07) is 9.70. The Hall–Kier alpha value is -3.83. The molecule has 1 aliphatic carbocycles. The second-order valence-electron chi connectivity index (χ2n) is 10.9. The monoisotopic (exact) mass is 580 g/mol. The summed E-state index contributed by atoms with van der Waals surface area (Å²) >= 11 is 0. The van der Waals surface area contributed by atoms with Gasteiger partial charge in [-0.05, 0) is 60.9 Å². The van der Waals surface area contributed by atoms with Crippen LogP contribution in [0.2, 0.25) is 0 Å². The molecule has 5 rings (SSSR count). The van der Waals surface area contributed by atoms with Gasteiger partial charge in [0.25, 0.3) is 0 Å². The van der Waals surface area contributed by atoms with E-state index in [1.807, 2.05) is 35.8 Å². The lowest BCUT2D eigenvalue weighted by Crippen LogP contribution is -2.48. The van der Waals surface area contributed by atoms with Crippen LogP contribution in [0, 0.1) is 11.6 Å². The first-order chi connectivity index (χ1) is 20.4. The van der Waals surface area contributed by atoms with Crippen LogP contribution in [0.5, 0.6) is 0 Å². The zero-order chi connectivity index (χ0) is 29.5. The summed E-state index contributed by atoms with van der Waals surface area (Å²) in [6.45, 7) is 5.02. The Kier molecular flexibility index (Phi) is 9.81. The smallest absolute Gasteiger partial charge is 0.409 e. The standard InChI is InChI=1S/C31H38F2N6O3/c1-2-6-27(36-24-10-9-21-15-23(32)16-26(33)25(21)17-24)30(40)37-29-19-39(20-35-29)28-8-4-3-7-22(28)18-34-11-13-38-12-5-14-42-31(38)41/h3-4,7-8,15-16,19-20,24,27,34,36H,2,5-6,9-14,17-18H2,1H3,(H,37,40)/t24-,27?/m0/s1. The molecule has 3 aromatic rings. The number of fused-ring (bicyclic) bond motifs is 1. The third kappa shape index (κ3) is 7.32. The van der Waals surface area contributed by atoms with E-state index >= 15 is 0 Å². The molecule has 2 aromatic carbocycles. The van der Waals surface area contributed by atoms with Crippen molar-refractivity contribution in [1.82, 2.24) is 25.1 Å². The number of nitrogens with zero attached hydrogens (tertiary/aromatic N) is 3. The minimum Gasteiger partial charge on any atom is -0.449 e. The largest absolute Gasteiger partial charge is 0.449 e. The number of aryl methyl sites for hydroxylation is 1. The molecule has 2 heterocycles. The van der Waals surface area contributed by atoms with E-state index in [-0.39, 0.29) is 18.0 Å². The van der Waals surface area contributed by atoms with Crippen LogP contribution < -0.4 is 16.0 Å². The minimum absolute atomic E-state index is 0.0859. The van der Waals surface area contributed by atoms with E-state index in [9.17, 15) is 18.4 Å². The molecule has 1 unspecified atom stereocenters. The van der Waals surface area contributed by atoms with Crippen LogP contribution in [-0.4, -0.2) is 64.8 Å². The number of halogens is 2. The Morgan fingerprint density at radius 1 is 1.24 bits per heavy atom. The van der Waals surface area contributed by atoms with Gasteiger partial charge in [0.15, 0.2) is 5.82 Å². The van der Waals surface area contributed by atoms with Crippen LogP contribution in [0.4, 0.5) is 19.4 Å². The number of ether oxygens (including phenoxy) is 1. The Balaban J connectivity index is 1.17. The summed E-state index contributed by atoms with van der Waals surface area (Å²) < 4.78 is 35.0. The fourth-order valence-electron chi connectivity index (χ4n) is 5.67. The SMILES string of the molecule is CCCC(N[C@H]1CCc2cc(F)cc(F)c2C1)C(=O)Nc1cn(-c2ccccc2CNCCN2CCCOC2=O)cn1. The average molecular weight is 581 g/mol. The molecule has 1 saturated heterocycles. The van der Waals surface area contributed by atoms with Crippen LogP contribution in [0.25, 0.3) is 5.69 Å². The molecule has 2 atom stereocenters. The number of hydrogen-bond donors (Lipinski definition) is 3. The van der Waals surface area contributed by atoms with Crippen molar-refractivity contribution in [2.45, 2.75) is 64.1 Å². The van der Waals surface area contributed by atoms with Gasteiger partial charge in [0.1, 0.15) is 18.0 Å². The Bertz CT molecular complexity index is 1400. The van der Waals surface area contributed by atoms with Gasteiger partial charge in [-0.3, -0.25) is 4.79 Å². The number of carbonyl (C=O) groups is 2. The summed E-state index contributed by atoms with van der Waals surface area (Å²) in [4.78, 5) is 31.2. The highest BCUT2D eigenvalue weighted by atomic mass is 19.1. The number of nitrogens with one attached hydrogen (secondary N) is 3. The molecule has 42 heavy (non-hydrogen) atoms. The number of benzene rings is 2. The first-order valence-electron chi connectivity index (χ1n) is 14.7. The van der Waals surface area contributed by atoms with Crippen molar-refractivity contribution in [2.75, 3.05) is 31.6 Å². The molecule has 11 heteroatoms. The Morgan fingerprint density at radius 3 is 2.93 bits per heavy atom. The molecule has 2 amide bonds. The highest BCUT2D eigenvalue weighted by Gasteiger charge is 2.27. The van der Waals surface area contributed by atoms with Crippen LogP contribution in [-0.2, 0) is 28.9 Å². The second-order valence-corrected chi connectivity index (χ2v) is 10.9. The molecule has 0 radical (unpaired) electrons. The van der Waals surface area contributed by atoms with Crippen LogP contribution in [0.1, 0.15) is 49.3 Å². The van der Waals surface area contributed by atoms with Crippen molar-refractivity contribution in [2.24, 2.45) is 0 Å². The normalized spacial score (nSPS) is 17.5. The van der Waals surface area contributed by atoms with Crippen LogP contribution in [0.15, 0.2) is 48.9 Å². The summed E-state index contributed by atoms with van der Waals surface area (Å²) in [7, 11) is 0. The van der Waals surface area contributed by atoms with Gasteiger partial charge in [-0.25, -0.2) is 18.6 Å². The maximum absolute atomic E-state index is 14.4. The number of rotatable bonds is 12. The fourth-order valence-corrected chi connectivity index (χ4v) is 5.67. The molecular weight excluding hydrogens is 542 g/mol. The lowest BCUT2D eigenvalue weighted by atomic mass is 9.87. The molecule has 9 nitrogen and oxygen atoms in total. The zero-order valence-electron chi connectivity index (χ0n) is 23.9. The lowest BCUT2D eigenvalue weighted by molar-refractivity contribution is -0.118. The average Bonchev–Trinajstić information content (AvgIpc) is 3.44. The molecule has 2 aliphatic rings. The van der Waals surface area contributed by atoms with Crippen molar-refractivity contribution < 1.29 is 23.1 Å². The predicted molar refractivity (Wildman–Crippen MR) is 155 cm³/mol. The highest BCUT2D eigenvalue weighted by Crippen LogP contribution is 2.26. The number of anilines is 1. The number of hydrogen-bond acceptors (Lipinski definition) is 6. The van der Waals surface area contributed by atoms with E-state index in [0.717, 1.165) is 30.2 Å². The third-order valence-corrected chi connectivity index (χ3v) is 7.83. The maximum Gasteiger partial charge on any atom is 0.409 e. The van der Waals surface area contributed by atoms with Gasteiger partial charge in [-0.15, -0.1) is 0 Å². The van der Waals surface area contributed by atoms with E-state index in [0.29, 0.717) is 75.4 Å². The van der Waals surface area contributed by atoms with Crippen molar-refractivity contribution in [1.29, 1.82) is 0 Å². The molecule has 3 N–H and O–H groups in total. The first kappa shape index (κ1) is 29.7. The number of imidazole rings is 1. The summed E-state index contributed by atoms with van der Waals surface area (Å²) in [5.41, 5.74) is 3.20. The number of amides is 2. The van der Waals surface area contributed by atoms with E-state index in [1.54, 1.807) is 17.4 Å². The molecular formula is C31H38F2N6O3. The molecule has 0 spiro atoms. The number of para-hydroxylation sites is 1. The van der Waals surface area contributed by atoms with E-state index in [2.05, 4.69) is 20.9 Å². The van der Waals surface area contributed by atoms with Gasteiger partial charge in [0.05, 0.1) is 24.5 Å². The van der Waals surface area contributed by atoms with Crippen molar-refractivity contribution >= 4 is 17.8 Å². The van der Waals surface area contributed by atoms with Crippen LogP contribution >= 0.6 is 0 Å². The fraction of sp³-hybridized carbons (Fsp3) is 0.452. The van der Waals surface area contributed by atoms with Gasteiger partial charge in [-0.1, -0.05) is 31.5 Å².